The molecule has 0 bridgehead atoms. The van der Waals surface area contributed by atoms with Gasteiger partial charge in [0, 0.05) is 41.7 Å². The minimum absolute atomic E-state index is 0.00343. The Kier molecular flexibility index (Phi) is 6.43. The van der Waals surface area contributed by atoms with Gasteiger partial charge < -0.3 is 25.7 Å². The molecule has 4 rings (SSSR count). The molecule has 0 aliphatic carbocycles. The monoisotopic (exact) mass is 482 g/mol. The highest BCUT2D eigenvalue weighted by Gasteiger charge is 2.27. The zero-order valence-electron chi connectivity index (χ0n) is 18.1. The number of rotatable bonds is 7. The molecule has 1 atom stereocenters. The first-order chi connectivity index (χ1) is 16.3. The molecule has 1 aliphatic rings. The maximum atomic E-state index is 13.2. The molecule has 5 N–H and O–H groups in total. The molecule has 0 saturated carbocycles. The highest BCUT2D eigenvalue weighted by molar-refractivity contribution is 7.11. The van der Waals surface area contributed by atoms with E-state index in [0.29, 0.717) is 34.9 Å². The summed E-state index contributed by atoms with van der Waals surface area (Å²) in [7, 11) is 0. The van der Waals surface area contributed by atoms with Gasteiger partial charge in [0.2, 0.25) is 5.88 Å². The number of aromatic hydroxyl groups is 1. The molecule has 1 aromatic heterocycles. The van der Waals surface area contributed by atoms with Gasteiger partial charge in [0.25, 0.3) is 11.6 Å². The van der Waals surface area contributed by atoms with E-state index in [1.54, 1.807) is 42.2 Å². The van der Waals surface area contributed by atoms with Crippen LogP contribution < -0.4 is 15.5 Å². The first kappa shape index (κ1) is 23.1. The molecular formula is C22H22N6O5S. The Morgan fingerprint density at radius 2 is 2.15 bits per heavy atom. The van der Waals surface area contributed by atoms with Gasteiger partial charge in [0.1, 0.15) is 16.4 Å². The Balaban J connectivity index is 1.55. The number of nitrogens with zero attached hydrogens (tertiary/aromatic N) is 3. The summed E-state index contributed by atoms with van der Waals surface area (Å²) in [6.45, 7) is 1.94. The van der Waals surface area contributed by atoms with Crippen molar-refractivity contribution >= 4 is 45.3 Å². The van der Waals surface area contributed by atoms with Gasteiger partial charge in [-0.15, -0.1) is 0 Å². The molecule has 3 aromatic rings. The molecular weight excluding hydrogens is 460 g/mol. The number of aromatic nitrogens is 1. The molecule has 1 aliphatic heterocycles. The van der Waals surface area contributed by atoms with Crippen LogP contribution in [0.4, 0.5) is 22.1 Å². The number of amidine groups is 1. The summed E-state index contributed by atoms with van der Waals surface area (Å²) >= 11 is 0.963. The van der Waals surface area contributed by atoms with Crippen molar-refractivity contribution in [2.75, 3.05) is 23.4 Å². The Morgan fingerprint density at radius 3 is 2.88 bits per heavy atom. The average molecular weight is 483 g/mol. The van der Waals surface area contributed by atoms with Gasteiger partial charge in [0.15, 0.2) is 0 Å². The third-order valence-electron chi connectivity index (χ3n) is 5.37. The highest BCUT2D eigenvalue weighted by atomic mass is 32.1. The number of amides is 1. The number of anilines is 3. The van der Waals surface area contributed by atoms with Crippen molar-refractivity contribution in [2.45, 2.75) is 19.4 Å². The summed E-state index contributed by atoms with van der Waals surface area (Å²) in [6.07, 6.45) is 0.533. The molecule has 0 fully saturated rings. The number of carbonyl (C=O) groups is 1. The van der Waals surface area contributed by atoms with Crippen molar-refractivity contribution in [2.24, 2.45) is 0 Å². The van der Waals surface area contributed by atoms with Crippen LogP contribution in [0.15, 0.2) is 42.5 Å². The van der Waals surface area contributed by atoms with Gasteiger partial charge in [-0.05, 0) is 54.7 Å². The topological polar surface area (TPSA) is 165 Å². The van der Waals surface area contributed by atoms with E-state index in [9.17, 15) is 25.1 Å². The first-order valence-corrected chi connectivity index (χ1v) is 11.2. The van der Waals surface area contributed by atoms with Crippen LogP contribution in [-0.4, -0.2) is 50.4 Å². The van der Waals surface area contributed by atoms with Gasteiger partial charge in [-0.1, -0.05) is 6.07 Å². The molecule has 1 unspecified atom stereocenters. The lowest BCUT2D eigenvalue weighted by atomic mass is 10.1. The van der Waals surface area contributed by atoms with Crippen molar-refractivity contribution < 1.29 is 19.9 Å². The van der Waals surface area contributed by atoms with Crippen molar-refractivity contribution in [3.8, 4) is 5.88 Å². The molecule has 0 saturated heterocycles. The standard InChI is InChI=1S/C22H22N6O5S/c1-12(11-29)24-19(23)18-20(30)26-34-21(18)25-15-4-2-3-14(9-15)22(31)27-8-7-13-10-16(28(32)33)5-6-17(13)27/h2-6,9-10,12,25,29H,7-8,11H2,1H3,(H2,23,24)(H,26,30). The molecule has 12 heteroatoms. The van der Waals surface area contributed by atoms with Gasteiger partial charge in [-0.2, -0.15) is 4.37 Å². The van der Waals surface area contributed by atoms with E-state index in [2.05, 4.69) is 15.0 Å². The predicted molar refractivity (Wildman–Crippen MR) is 128 cm³/mol. The van der Waals surface area contributed by atoms with Crippen LogP contribution in [0.25, 0.3) is 0 Å². The number of hydrogen-bond donors (Lipinski definition) is 5. The molecule has 0 radical (unpaired) electrons. The third-order valence-corrected chi connectivity index (χ3v) is 6.12. The van der Waals surface area contributed by atoms with Crippen LogP contribution in [-0.2, 0) is 6.42 Å². The maximum absolute atomic E-state index is 13.2. The molecule has 176 valence electrons. The van der Waals surface area contributed by atoms with Crippen LogP contribution in [0.1, 0.15) is 28.4 Å². The van der Waals surface area contributed by atoms with Crippen molar-refractivity contribution in [1.82, 2.24) is 9.69 Å². The number of non-ortho nitro benzene ring substituents is 1. The number of fused-ring (bicyclic) bond motifs is 1. The fourth-order valence-corrected chi connectivity index (χ4v) is 4.40. The summed E-state index contributed by atoms with van der Waals surface area (Å²) in [6, 6.07) is 10.9. The lowest BCUT2D eigenvalue weighted by Gasteiger charge is -2.18. The van der Waals surface area contributed by atoms with Gasteiger partial charge >= 0.3 is 0 Å². The number of aliphatic hydroxyl groups excluding tert-OH is 1. The Morgan fingerprint density at radius 1 is 1.35 bits per heavy atom. The highest BCUT2D eigenvalue weighted by Crippen LogP contribution is 2.34. The van der Waals surface area contributed by atoms with Crippen LogP contribution in [0, 0.1) is 15.5 Å². The Hall–Kier alpha value is -4.03. The number of nitrogens with one attached hydrogen (secondary N) is 3. The summed E-state index contributed by atoms with van der Waals surface area (Å²) in [4.78, 5) is 25.4. The molecule has 1 amide bonds. The van der Waals surface area contributed by atoms with E-state index in [4.69, 9.17) is 5.41 Å². The van der Waals surface area contributed by atoms with Crippen molar-refractivity contribution in [3.63, 3.8) is 0 Å². The normalized spacial score (nSPS) is 13.3. The summed E-state index contributed by atoms with van der Waals surface area (Å²) in [5.41, 5.74) is 2.54. The minimum atomic E-state index is -0.453. The van der Waals surface area contributed by atoms with Crippen LogP contribution in [0.3, 0.4) is 0 Å². The second kappa shape index (κ2) is 9.45. The van der Waals surface area contributed by atoms with E-state index in [0.717, 1.165) is 17.1 Å². The molecule has 0 spiro atoms. The SMILES string of the molecule is CC(CO)NC(=N)c1c(O)nsc1Nc1cccc(C(=O)N2CCc3cc([N+](=O)[O-])ccc32)c1. The molecule has 34 heavy (non-hydrogen) atoms. The van der Waals surface area contributed by atoms with Gasteiger partial charge in [0.05, 0.1) is 11.5 Å². The summed E-state index contributed by atoms with van der Waals surface area (Å²) < 4.78 is 3.90. The second-order valence-electron chi connectivity index (χ2n) is 7.80. The average Bonchev–Trinajstić information content (AvgIpc) is 3.41. The third kappa shape index (κ3) is 4.54. The quantitative estimate of drug-likeness (QED) is 0.148. The predicted octanol–water partition coefficient (Wildman–Crippen LogP) is 3.00. The van der Waals surface area contributed by atoms with E-state index >= 15 is 0 Å². The number of hydrogen-bond acceptors (Lipinski definition) is 9. The summed E-state index contributed by atoms with van der Waals surface area (Å²) in [5, 5.41) is 44.8. The smallest absolute Gasteiger partial charge is 0.269 e. The lowest BCUT2D eigenvalue weighted by Crippen LogP contribution is -2.35. The molecule has 2 aromatic carbocycles. The van der Waals surface area contributed by atoms with Crippen LogP contribution in [0.5, 0.6) is 5.88 Å². The van der Waals surface area contributed by atoms with Gasteiger partial charge in [-0.3, -0.25) is 20.3 Å². The van der Waals surface area contributed by atoms with Crippen molar-refractivity contribution in [3.05, 3.63) is 69.3 Å². The first-order valence-electron chi connectivity index (χ1n) is 10.4. The zero-order chi connectivity index (χ0) is 24.4. The Labute approximate surface area is 198 Å². The van der Waals surface area contributed by atoms with Crippen LogP contribution in [0.2, 0.25) is 0 Å². The molecule has 2 heterocycles. The maximum Gasteiger partial charge on any atom is 0.269 e. The number of benzene rings is 2. The van der Waals surface area contributed by atoms with Gasteiger partial charge in [-0.25, -0.2) is 0 Å². The van der Waals surface area contributed by atoms with E-state index < -0.39 is 4.92 Å². The van der Waals surface area contributed by atoms with E-state index in [1.165, 1.54) is 12.1 Å². The lowest BCUT2D eigenvalue weighted by molar-refractivity contribution is -0.384. The molecule has 11 nitrogen and oxygen atoms in total. The summed E-state index contributed by atoms with van der Waals surface area (Å²) in [5.74, 6) is -0.648. The fraction of sp³-hybridized carbons (Fsp3) is 0.227. The fourth-order valence-electron chi connectivity index (χ4n) is 3.69. The number of nitro benzene ring substituents is 1. The second-order valence-corrected chi connectivity index (χ2v) is 8.57. The van der Waals surface area contributed by atoms with E-state index in [1.807, 2.05) is 0 Å². The number of aliphatic hydroxyl groups is 1. The Bertz CT molecular complexity index is 1280. The largest absolute Gasteiger partial charge is 0.492 e. The number of carbonyl (C=O) groups excluding carboxylic acids is 1. The number of nitro groups is 1. The minimum Gasteiger partial charge on any atom is -0.492 e. The van der Waals surface area contributed by atoms with E-state index in [-0.39, 0.29) is 41.5 Å². The van der Waals surface area contributed by atoms with Crippen LogP contribution >= 0.6 is 11.5 Å². The zero-order valence-corrected chi connectivity index (χ0v) is 18.9. The van der Waals surface area contributed by atoms with Crippen molar-refractivity contribution in [1.29, 1.82) is 5.41 Å².